The van der Waals surface area contributed by atoms with Crippen molar-refractivity contribution in [3.8, 4) is 11.1 Å². The highest BCUT2D eigenvalue weighted by atomic mass is 15.0. The van der Waals surface area contributed by atoms with Crippen molar-refractivity contribution in [1.29, 1.82) is 0 Å². The Bertz CT molecular complexity index is 999. The number of nitrogens with one attached hydrogen (secondary N) is 1. The molecule has 0 fully saturated rings. The predicted molar refractivity (Wildman–Crippen MR) is 107 cm³/mol. The van der Waals surface area contributed by atoms with Crippen LogP contribution in [0.1, 0.15) is 36.7 Å². The van der Waals surface area contributed by atoms with Crippen molar-refractivity contribution in [3.63, 3.8) is 0 Å². The first-order chi connectivity index (χ1) is 12.7. The molecule has 0 atom stereocenters. The lowest BCUT2D eigenvalue weighted by molar-refractivity contribution is 0.857. The molecule has 130 valence electrons. The molecule has 0 radical (unpaired) electrons. The molecule has 1 N–H and O–H groups in total. The van der Waals surface area contributed by atoms with Crippen molar-refractivity contribution in [1.82, 2.24) is 15.0 Å². The van der Waals surface area contributed by atoms with Crippen LogP contribution in [0.5, 0.6) is 0 Å². The minimum absolute atomic E-state index is 0.573. The number of hydrogen-bond acceptors (Lipinski definition) is 2. The van der Waals surface area contributed by atoms with Gasteiger partial charge in [0.1, 0.15) is 5.82 Å². The molecule has 0 amide bonds. The number of fused-ring (bicyclic) bond motifs is 1. The third kappa shape index (κ3) is 3.52. The highest BCUT2D eigenvalue weighted by molar-refractivity contribution is 5.78. The molecule has 4 rings (SSSR count). The largest absolute Gasteiger partial charge is 0.341 e. The Labute approximate surface area is 154 Å². The minimum Gasteiger partial charge on any atom is -0.341 e. The SMILES string of the molecule is CC(C)c1ccc(CCc2nc3ncc(-c4ccccc4)cc3[nH]2)cc1. The number of H-pyrrole nitrogens is 1. The first kappa shape index (κ1) is 16.5. The molecule has 0 aliphatic rings. The van der Waals surface area contributed by atoms with Crippen molar-refractivity contribution in [2.24, 2.45) is 0 Å². The molecule has 0 saturated heterocycles. The second kappa shape index (κ2) is 7.12. The van der Waals surface area contributed by atoms with Crippen LogP contribution in [0, 0.1) is 0 Å². The van der Waals surface area contributed by atoms with E-state index < -0.39 is 0 Å². The van der Waals surface area contributed by atoms with E-state index in [1.54, 1.807) is 0 Å². The lowest BCUT2D eigenvalue weighted by atomic mass is 10.0. The average Bonchev–Trinajstić information content (AvgIpc) is 3.09. The van der Waals surface area contributed by atoms with E-state index in [1.807, 2.05) is 24.4 Å². The molecule has 0 aliphatic heterocycles. The Hall–Kier alpha value is -2.94. The Balaban J connectivity index is 1.50. The van der Waals surface area contributed by atoms with Gasteiger partial charge in [0, 0.05) is 18.2 Å². The molecule has 0 unspecified atom stereocenters. The number of aryl methyl sites for hydroxylation is 2. The van der Waals surface area contributed by atoms with Gasteiger partial charge < -0.3 is 4.98 Å². The van der Waals surface area contributed by atoms with Gasteiger partial charge in [0.05, 0.1) is 5.52 Å². The van der Waals surface area contributed by atoms with Crippen molar-refractivity contribution >= 4 is 11.2 Å². The first-order valence-electron chi connectivity index (χ1n) is 9.18. The number of pyridine rings is 1. The zero-order valence-corrected chi connectivity index (χ0v) is 15.2. The van der Waals surface area contributed by atoms with Gasteiger partial charge in [-0.3, -0.25) is 0 Å². The third-order valence-corrected chi connectivity index (χ3v) is 4.79. The molecule has 0 spiro atoms. The van der Waals surface area contributed by atoms with Crippen molar-refractivity contribution < 1.29 is 0 Å². The van der Waals surface area contributed by atoms with E-state index in [0.717, 1.165) is 35.4 Å². The minimum atomic E-state index is 0.573. The van der Waals surface area contributed by atoms with E-state index in [-0.39, 0.29) is 0 Å². The van der Waals surface area contributed by atoms with Gasteiger partial charge in [0.15, 0.2) is 5.65 Å². The standard InChI is InChI=1S/C23H23N3/c1-16(2)18-11-8-17(9-12-18)10-13-22-25-21-14-20(15-24-23(21)26-22)19-6-4-3-5-7-19/h3-9,11-12,14-16H,10,13H2,1-2H3,(H,24,25,26). The van der Waals surface area contributed by atoms with Gasteiger partial charge in [-0.2, -0.15) is 0 Å². The number of imidazole rings is 1. The van der Waals surface area contributed by atoms with E-state index in [1.165, 1.54) is 16.7 Å². The Kier molecular flexibility index (Phi) is 4.53. The van der Waals surface area contributed by atoms with Gasteiger partial charge in [-0.1, -0.05) is 68.4 Å². The van der Waals surface area contributed by atoms with E-state index >= 15 is 0 Å². The second-order valence-corrected chi connectivity index (χ2v) is 7.04. The smallest absolute Gasteiger partial charge is 0.177 e. The van der Waals surface area contributed by atoms with E-state index in [4.69, 9.17) is 0 Å². The average molecular weight is 341 g/mol. The Morgan fingerprint density at radius 2 is 1.65 bits per heavy atom. The van der Waals surface area contributed by atoms with Crippen LogP contribution in [-0.4, -0.2) is 15.0 Å². The summed E-state index contributed by atoms with van der Waals surface area (Å²) < 4.78 is 0. The summed E-state index contributed by atoms with van der Waals surface area (Å²) in [5.41, 5.74) is 6.79. The van der Waals surface area contributed by atoms with E-state index in [2.05, 4.69) is 71.3 Å². The maximum atomic E-state index is 4.64. The summed E-state index contributed by atoms with van der Waals surface area (Å²) in [6, 6.07) is 21.3. The number of benzene rings is 2. The predicted octanol–water partition coefficient (Wildman–Crippen LogP) is 5.53. The first-order valence-corrected chi connectivity index (χ1v) is 9.18. The zero-order valence-electron chi connectivity index (χ0n) is 15.2. The number of hydrogen-bond donors (Lipinski definition) is 1. The summed E-state index contributed by atoms with van der Waals surface area (Å²) in [5.74, 6) is 1.56. The molecular formula is C23H23N3. The molecule has 3 heteroatoms. The molecular weight excluding hydrogens is 318 g/mol. The molecule has 26 heavy (non-hydrogen) atoms. The third-order valence-electron chi connectivity index (χ3n) is 4.79. The number of nitrogens with zero attached hydrogens (tertiary/aromatic N) is 2. The normalized spacial score (nSPS) is 11.3. The van der Waals surface area contributed by atoms with Crippen LogP contribution >= 0.6 is 0 Å². The van der Waals surface area contributed by atoms with Crippen molar-refractivity contribution in [2.45, 2.75) is 32.6 Å². The van der Waals surface area contributed by atoms with Crippen LogP contribution in [0.4, 0.5) is 0 Å². The molecule has 2 aromatic heterocycles. The van der Waals surface area contributed by atoms with Gasteiger partial charge in [-0.15, -0.1) is 0 Å². The summed E-state index contributed by atoms with van der Waals surface area (Å²) >= 11 is 0. The van der Waals surface area contributed by atoms with Gasteiger partial charge in [-0.25, -0.2) is 9.97 Å². The Morgan fingerprint density at radius 3 is 2.38 bits per heavy atom. The summed E-state index contributed by atoms with van der Waals surface area (Å²) in [6.07, 6.45) is 3.76. The molecule has 0 saturated carbocycles. The van der Waals surface area contributed by atoms with Crippen LogP contribution in [0.2, 0.25) is 0 Å². The van der Waals surface area contributed by atoms with Crippen molar-refractivity contribution in [2.75, 3.05) is 0 Å². The summed E-state index contributed by atoms with van der Waals surface area (Å²) in [4.78, 5) is 12.6. The Morgan fingerprint density at radius 1 is 0.885 bits per heavy atom. The second-order valence-electron chi connectivity index (χ2n) is 7.04. The number of rotatable bonds is 5. The van der Waals surface area contributed by atoms with E-state index in [0.29, 0.717) is 5.92 Å². The molecule has 2 heterocycles. The fourth-order valence-electron chi connectivity index (χ4n) is 3.19. The molecule has 0 aliphatic carbocycles. The summed E-state index contributed by atoms with van der Waals surface area (Å²) in [7, 11) is 0. The zero-order chi connectivity index (χ0) is 17.9. The topological polar surface area (TPSA) is 41.6 Å². The fraction of sp³-hybridized carbons (Fsp3) is 0.217. The quantitative estimate of drug-likeness (QED) is 0.518. The highest BCUT2D eigenvalue weighted by Crippen LogP contribution is 2.22. The van der Waals surface area contributed by atoms with Crippen molar-refractivity contribution in [3.05, 3.63) is 83.8 Å². The monoisotopic (exact) mass is 341 g/mol. The number of aromatic nitrogens is 3. The molecule has 2 aromatic carbocycles. The van der Waals surface area contributed by atoms with Gasteiger partial charge in [0.2, 0.25) is 0 Å². The molecule has 3 nitrogen and oxygen atoms in total. The van der Waals surface area contributed by atoms with Crippen LogP contribution in [0.15, 0.2) is 66.9 Å². The summed E-state index contributed by atoms with van der Waals surface area (Å²) in [6.45, 7) is 4.44. The lowest BCUT2D eigenvalue weighted by Gasteiger charge is -2.06. The number of aromatic amines is 1. The van der Waals surface area contributed by atoms with Gasteiger partial charge in [-0.05, 0) is 35.1 Å². The van der Waals surface area contributed by atoms with Gasteiger partial charge >= 0.3 is 0 Å². The molecule has 0 bridgehead atoms. The van der Waals surface area contributed by atoms with Crippen LogP contribution < -0.4 is 0 Å². The highest BCUT2D eigenvalue weighted by Gasteiger charge is 2.07. The van der Waals surface area contributed by atoms with Crippen LogP contribution in [0.25, 0.3) is 22.3 Å². The van der Waals surface area contributed by atoms with E-state index in [9.17, 15) is 0 Å². The maximum Gasteiger partial charge on any atom is 0.177 e. The lowest BCUT2D eigenvalue weighted by Crippen LogP contribution is -1.94. The molecule has 4 aromatic rings. The van der Waals surface area contributed by atoms with Crippen LogP contribution in [-0.2, 0) is 12.8 Å². The maximum absolute atomic E-state index is 4.64. The fourth-order valence-corrected chi connectivity index (χ4v) is 3.19. The van der Waals surface area contributed by atoms with Gasteiger partial charge in [0.25, 0.3) is 0 Å². The van der Waals surface area contributed by atoms with Crippen LogP contribution in [0.3, 0.4) is 0 Å². The summed E-state index contributed by atoms with van der Waals surface area (Å²) in [5, 5.41) is 0.